The number of H-pyrrole nitrogens is 1. The monoisotopic (exact) mass is 350 g/mol. The maximum atomic E-state index is 11.5. The lowest BCUT2D eigenvalue weighted by molar-refractivity contribution is 0.0688. The Labute approximate surface area is 147 Å². The van der Waals surface area contributed by atoms with Crippen molar-refractivity contribution < 1.29 is 9.90 Å². The molecule has 4 rings (SSSR count). The van der Waals surface area contributed by atoms with Gasteiger partial charge in [-0.25, -0.2) is 9.78 Å². The Morgan fingerprint density at radius 1 is 1.24 bits per heavy atom. The number of aromatic carboxylic acids is 1. The van der Waals surface area contributed by atoms with Crippen LogP contribution in [0.25, 0.3) is 5.57 Å². The second-order valence-electron chi connectivity index (χ2n) is 5.70. The minimum atomic E-state index is -1.11. The third-order valence-corrected chi connectivity index (χ3v) is 5.24. The first-order chi connectivity index (χ1) is 12.2. The molecule has 3 aromatic rings. The van der Waals surface area contributed by atoms with Gasteiger partial charge in [0.1, 0.15) is 10.7 Å². The van der Waals surface area contributed by atoms with Crippen LogP contribution >= 0.6 is 11.3 Å². The lowest BCUT2D eigenvalue weighted by atomic mass is 9.76. The summed E-state index contributed by atoms with van der Waals surface area (Å²) in [5.74, 6) is -1.11. The highest BCUT2D eigenvalue weighted by Crippen LogP contribution is 2.42. The largest absolute Gasteiger partial charge is 0.476 e. The molecule has 0 bridgehead atoms. The zero-order valence-corrected chi connectivity index (χ0v) is 13.9. The number of nitrogens with one attached hydrogen (secondary N) is 1. The van der Waals surface area contributed by atoms with Gasteiger partial charge in [-0.3, -0.25) is 0 Å². The fraction of sp³-hybridized carbons (Fsp3) is 0.111. The van der Waals surface area contributed by atoms with Crippen LogP contribution in [0.5, 0.6) is 0 Å². The number of carboxylic acids is 1. The van der Waals surface area contributed by atoms with Crippen molar-refractivity contribution in [2.45, 2.75) is 11.8 Å². The molecule has 0 radical (unpaired) electrons. The van der Waals surface area contributed by atoms with Crippen molar-refractivity contribution >= 4 is 22.9 Å². The van der Waals surface area contributed by atoms with Crippen LogP contribution in [0.4, 0.5) is 0 Å². The first-order valence-corrected chi connectivity index (χ1v) is 8.58. The van der Waals surface area contributed by atoms with E-state index in [-0.39, 0.29) is 5.69 Å². The number of carboxylic acid groups (broad SMARTS) is 1. The van der Waals surface area contributed by atoms with Crippen LogP contribution in [0.1, 0.15) is 33.2 Å². The third kappa shape index (κ3) is 2.58. The van der Waals surface area contributed by atoms with E-state index in [2.05, 4.69) is 26.5 Å². The predicted octanol–water partition coefficient (Wildman–Crippen LogP) is 3.29. The third-order valence-electron chi connectivity index (χ3n) is 4.29. The average molecular weight is 350 g/mol. The molecule has 2 heterocycles. The van der Waals surface area contributed by atoms with E-state index in [0.29, 0.717) is 12.1 Å². The van der Waals surface area contributed by atoms with Gasteiger partial charge in [0, 0.05) is 11.6 Å². The molecule has 0 spiro atoms. The van der Waals surface area contributed by atoms with E-state index in [4.69, 9.17) is 0 Å². The van der Waals surface area contributed by atoms with Crippen molar-refractivity contribution in [1.29, 1.82) is 0 Å². The highest BCUT2D eigenvalue weighted by molar-refractivity contribution is 7.09. The van der Waals surface area contributed by atoms with Crippen LogP contribution in [0.15, 0.2) is 60.1 Å². The molecule has 1 aliphatic carbocycles. The Kier molecular flexibility index (Phi) is 3.77. The summed E-state index contributed by atoms with van der Waals surface area (Å²) in [5.41, 5.74) is 1.79. The van der Waals surface area contributed by atoms with E-state index < -0.39 is 11.4 Å². The van der Waals surface area contributed by atoms with E-state index in [0.717, 1.165) is 16.1 Å². The normalized spacial score (nSPS) is 19.6. The van der Waals surface area contributed by atoms with Gasteiger partial charge in [-0.1, -0.05) is 48.6 Å². The summed E-state index contributed by atoms with van der Waals surface area (Å²) in [4.78, 5) is 16.0. The first kappa shape index (κ1) is 15.5. The standard InChI is InChI=1S/C18H14N4O2S/c23-16(24)14-15(21-22-20-14)18(17-19-10-11-25-17)8-6-13(7-9-18)12-4-2-1-3-5-12/h1-8,10-11H,9H2,(H,23,24)(H,20,21,22). The van der Waals surface area contributed by atoms with Gasteiger partial charge in [-0.05, 0) is 17.6 Å². The van der Waals surface area contributed by atoms with Gasteiger partial charge < -0.3 is 5.11 Å². The molecule has 6 nitrogen and oxygen atoms in total. The van der Waals surface area contributed by atoms with Crippen LogP contribution in [-0.4, -0.2) is 31.5 Å². The molecule has 2 aromatic heterocycles. The van der Waals surface area contributed by atoms with Gasteiger partial charge in [0.25, 0.3) is 0 Å². The van der Waals surface area contributed by atoms with Gasteiger partial charge in [0.2, 0.25) is 0 Å². The molecule has 124 valence electrons. The summed E-state index contributed by atoms with van der Waals surface area (Å²) >= 11 is 1.48. The van der Waals surface area contributed by atoms with E-state index in [1.54, 1.807) is 6.20 Å². The summed E-state index contributed by atoms with van der Waals surface area (Å²) in [5, 5.41) is 22.5. The molecule has 7 heteroatoms. The van der Waals surface area contributed by atoms with E-state index in [1.807, 2.05) is 47.9 Å². The predicted molar refractivity (Wildman–Crippen MR) is 94.4 cm³/mol. The molecule has 25 heavy (non-hydrogen) atoms. The number of aromatic nitrogens is 4. The zero-order chi connectivity index (χ0) is 17.3. The molecule has 0 amide bonds. The molecular weight excluding hydrogens is 336 g/mol. The summed E-state index contributed by atoms with van der Waals surface area (Å²) in [6.45, 7) is 0. The van der Waals surface area contributed by atoms with E-state index in [9.17, 15) is 9.90 Å². The second-order valence-corrected chi connectivity index (χ2v) is 6.59. The lowest BCUT2D eigenvalue weighted by Gasteiger charge is -2.29. The van der Waals surface area contributed by atoms with Crippen molar-refractivity contribution in [3.63, 3.8) is 0 Å². The number of aromatic amines is 1. The highest BCUT2D eigenvalue weighted by atomic mass is 32.1. The lowest BCUT2D eigenvalue weighted by Crippen LogP contribution is -2.29. The molecule has 0 aliphatic heterocycles. The minimum Gasteiger partial charge on any atom is -0.476 e. The molecule has 0 saturated carbocycles. The number of rotatable bonds is 4. The number of hydrogen-bond acceptors (Lipinski definition) is 5. The number of benzene rings is 1. The van der Waals surface area contributed by atoms with E-state index >= 15 is 0 Å². The molecule has 2 N–H and O–H groups in total. The van der Waals surface area contributed by atoms with Gasteiger partial charge in [-0.2, -0.15) is 10.3 Å². The summed E-state index contributed by atoms with van der Waals surface area (Å²) in [6.07, 6.45) is 8.36. The Morgan fingerprint density at radius 2 is 2.08 bits per heavy atom. The van der Waals surface area contributed by atoms with Crippen molar-refractivity contribution in [3.05, 3.63) is 82.1 Å². The average Bonchev–Trinajstić information content (AvgIpc) is 3.35. The van der Waals surface area contributed by atoms with Crippen LogP contribution in [0.2, 0.25) is 0 Å². The highest BCUT2D eigenvalue weighted by Gasteiger charge is 2.41. The summed E-state index contributed by atoms with van der Waals surface area (Å²) in [6, 6.07) is 10.1. The SMILES string of the molecule is O=C(O)c1n[nH]nc1C1(c2nccs2)C=CC(c2ccccc2)=CC1. The van der Waals surface area contributed by atoms with Crippen LogP contribution in [-0.2, 0) is 5.41 Å². The minimum absolute atomic E-state index is 0.0728. The number of hydrogen-bond donors (Lipinski definition) is 2. The van der Waals surface area contributed by atoms with Gasteiger partial charge >= 0.3 is 5.97 Å². The van der Waals surface area contributed by atoms with E-state index in [1.165, 1.54) is 11.3 Å². The van der Waals surface area contributed by atoms with Crippen LogP contribution in [0.3, 0.4) is 0 Å². The molecule has 1 atom stereocenters. The summed E-state index contributed by atoms with van der Waals surface area (Å²) < 4.78 is 0. The topological polar surface area (TPSA) is 91.8 Å². The smallest absolute Gasteiger partial charge is 0.358 e. The Bertz CT molecular complexity index is 960. The number of allylic oxidation sites excluding steroid dienone is 4. The molecule has 1 unspecified atom stereocenters. The Balaban J connectivity index is 1.81. The van der Waals surface area contributed by atoms with Gasteiger partial charge in [0.15, 0.2) is 5.69 Å². The zero-order valence-electron chi connectivity index (χ0n) is 13.1. The fourth-order valence-corrected chi connectivity index (χ4v) is 3.88. The second kappa shape index (κ2) is 6.10. The number of carbonyl (C=O) groups is 1. The summed E-state index contributed by atoms with van der Waals surface area (Å²) in [7, 11) is 0. The Morgan fingerprint density at radius 3 is 2.72 bits per heavy atom. The number of thiazole rings is 1. The molecular formula is C18H14N4O2S. The first-order valence-electron chi connectivity index (χ1n) is 7.70. The maximum absolute atomic E-state index is 11.5. The van der Waals surface area contributed by atoms with Crippen LogP contribution in [0, 0.1) is 0 Å². The quantitative estimate of drug-likeness (QED) is 0.753. The van der Waals surface area contributed by atoms with Crippen molar-refractivity contribution in [1.82, 2.24) is 20.4 Å². The van der Waals surface area contributed by atoms with Crippen molar-refractivity contribution in [2.75, 3.05) is 0 Å². The van der Waals surface area contributed by atoms with Gasteiger partial charge in [-0.15, -0.1) is 16.4 Å². The maximum Gasteiger partial charge on any atom is 0.358 e. The molecule has 0 fully saturated rings. The molecule has 1 aliphatic rings. The van der Waals surface area contributed by atoms with Crippen molar-refractivity contribution in [2.24, 2.45) is 0 Å². The van der Waals surface area contributed by atoms with Crippen LogP contribution < -0.4 is 0 Å². The Hall–Kier alpha value is -3.06. The molecule has 1 aromatic carbocycles. The number of nitrogens with zero attached hydrogens (tertiary/aromatic N) is 3. The van der Waals surface area contributed by atoms with Crippen molar-refractivity contribution in [3.8, 4) is 0 Å². The molecule has 0 saturated heterocycles. The van der Waals surface area contributed by atoms with Gasteiger partial charge in [0.05, 0.1) is 5.41 Å². The fourth-order valence-electron chi connectivity index (χ4n) is 3.05.